The molecule has 21 heavy (non-hydrogen) atoms. The molecule has 0 amide bonds. The lowest BCUT2D eigenvalue weighted by atomic mass is 9.84. The van der Waals surface area contributed by atoms with Gasteiger partial charge in [0.1, 0.15) is 5.82 Å². The van der Waals surface area contributed by atoms with Crippen LogP contribution in [0.5, 0.6) is 0 Å². The second-order valence-corrected chi connectivity index (χ2v) is 6.09. The molecule has 4 nitrogen and oxygen atoms in total. The van der Waals surface area contributed by atoms with Crippen molar-refractivity contribution in [1.29, 1.82) is 0 Å². The molecular weight excluding hydrogens is 269 g/mol. The van der Waals surface area contributed by atoms with E-state index in [0.29, 0.717) is 11.7 Å². The average Bonchev–Trinajstić information content (AvgIpc) is 2.99. The van der Waals surface area contributed by atoms with E-state index in [-0.39, 0.29) is 11.9 Å². The van der Waals surface area contributed by atoms with Crippen molar-refractivity contribution < 1.29 is 8.91 Å². The molecule has 1 aromatic heterocycles. The summed E-state index contributed by atoms with van der Waals surface area (Å²) in [6, 6.07) is 6.61. The molecule has 0 aliphatic carbocycles. The smallest absolute Gasteiger partial charge is 0.243 e. The molecule has 0 saturated carbocycles. The first-order valence-corrected chi connectivity index (χ1v) is 7.41. The van der Waals surface area contributed by atoms with Crippen molar-refractivity contribution in [3.05, 3.63) is 47.4 Å². The first-order valence-electron chi connectivity index (χ1n) is 7.41. The zero-order valence-electron chi connectivity index (χ0n) is 12.4. The van der Waals surface area contributed by atoms with Gasteiger partial charge >= 0.3 is 0 Å². The molecule has 1 N–H and O–H groups in total. The Labute approximate surface area is 123 Å². The summed E-state index contributed by atoms with van der Waals surface area (Å²) < 4.78 is 18.5. The van der Waals surface area contributed by atoms with Crippen LogP contribution in [0.1, 0.15) is 56.4 Å². The van der Waals surface area contributed by atoms with Crippen molar-refractivity contribution in [3.8, 4) is 0 Å². The summed E-state index contributed by atoms with van der Waals surface area (Å²) >= 11 is 0. The van der Waals surface area contributed by atoms with Crippen LogP contribution >= 0.6 is 0 Å². The highest BCUT2D eigenvalue weighted by atomic mass is 19.1. The van der Waals surface area contributed by atoms with E-state index >= 15 is 0 Å². The maximum absolute atomic E-state index is 13.1. The molecule has 0 radical (unpaired) electrons. The number of aromatic nitrogens is 2. The van der Waals surface area contributed by atoms with Gasteiger partial charge in [0.2, 0.25) is 5.89 Å². The van der Waals surface area contributed by atoms with Gasteiger partial charge in [-0.1, -0.05) is 23.7 Å². The molecule has 1 aliphatic heterocycles. The summed E-state index contributed by atoms with van der Waals surface area (Å²) in [5.41, 5.74) is 0.553. The quantitative estimate of drug-likeness (QED) is 0.941. The summed E-state index contributed by atoms with van der Waals surface area (Å²) in [5.74, 6) is 1.05. The normalized spacial score (nSPS) is 19.7. The van der Waals surface area contributed by atoms with Crippen molar-refractivity contribution in [2.24, 2.45) is 0 Å². The van der Waals surface area contributed by atoms with Crippen LogP contribution in [0.3, 0.4) is 0 Å². The number of benzene rings is 1. The molecule has 3 rings (SSSR count). The van der Waals surface area contributed by atoms with Crippen molar-refractivity contribution in [3.63, 3.8) is 0 Å². The van der Waals surface area contributed by atoms with E-state index < -0.39 is 5.41 Å². The molecule has 112 valence electrons. The molecule has 1 aliphatic rings. The van der Waals surface area contributed by atoms with E-state index in [4.69, 9.17) is 4.52 Å². The fourth-order valence-electron chi connectivity index (χ4n) is 2.69. The highest BCUT2D eigenvalue weighted by Crippen LogP contribution is 2.31. The van der Waals surface area contributed by atoms with E-state index in [1.54, 1.807) is 12.1 Å². The van der Waals surface area contributed by atoms with Gasteiger partial charge in [0.05, 0.1) is 11.5 Å². The Kier molecular flexibility index (Phi) is 3.76. The molecule has 1 saturated heterocycles. The lowest BCUT2D eigenvalue weighted by Crippen LogP contribution is -2.27. The largest absolute Gasteiger partial charge is 0.338 e. The monoisotopic (exact) mass is 289 g/mol. The first-order chi connectivity index (χ1) is 10.1. The van der Waals surface area contributed by atoms with Crippen LogP contribution in [0, 0.1) is 5.82 Å². The number of piperidine rings is 1. The lowest BCUT2D eigenvalue weighted by molar-refractivity contribution is 0.294. The molecule has 2 heterocycles. The Balaban J connectivity index is 1.85. The molecular formula is C16H20FN3O. The number of nitrogens with one attached hydrogen (secondary N) is 1. The van der Waals surface area contributed by atoms with Crippen molar-refractivity contribution in [2.45, 2.75) is 44.6 Å². The van der Waals surface area contributed by atoms with E-state index in [1.165, 1.54) is 25.0 Å². The fourth-order valence-corrected chi connectivity index (χ4v) is 2.69. The van der Waals surface area contributed by atoms with Crippen LogP contribution in [0.4, 0.5) is 4.39 Å². The van der Waals surface area contributed by atoms with Crippen LogP contribution in [0.2, 0.25) is 0 Å². The van der Waals surface area contributed by atoms with E-state index in [1.807, 2.05) is 13.8 Å². The fraction of sp³-hybridized carbons (Fsp3) is 0.500. The Morgan fingerprint density at radius 2 is 2.00 bits per heavy atom. The molecule has 5 heteroatoms. The van der Waals surface area contributed by atoms with Gasteiger partial charge in [-0.2, -0.15) is 4.98 Å². The molecule has 1 atom stereocenters. The topological polar surface area (TPSA) is 51.0 Å². The average molecular weight is 289 g/mol. The van der Waals surface area contributed by atoms with Crippen LogP contribution in [-0.2, 0) is 5.41 Å². The van der Waals surface area contributed by atoms with Gasteiger partial charge in [-0.05, 0) is 50.9 Å². The second kappa shape index (κ2) is 5.56. The predicted molar refractivity (Wildman–Crippen MR) is 77.4 cm³/mol. The zero-order valence-corrected chi connectivity index (χ0v) is 12.4. The number of nitrogens with zero attached hydrogens (tertiary/aromatic N) is 2. The Hall–Kier alpha value is -1.75. The van der Waals surface area contributed by atoms with Gasteiger partial charge < -0.3 is 9.84 Å². The molecule has 2 aromatic rings. The van der Waals surface area contributed by atoms with Gasteiger partial charge in [0.25, 0.3) is 0 Å². The minimum atomic E-state index is -0.413. The van der Waals surface area contributed by atoms with E-state index in [2.05, 4.69) is 15.5 Å². The Bertz CT molecular complexity index is 600. The van der Waals surface area contributed by atoms with Crippen molar-refractivity contribution in [1.82, 2.24) is 15.5 Å². The van der Waals surface area contributed by atoms with Gasteiger partial charge in [-0.15, -0.1) is 0 Å². The van der Waals surface area contributed by atoms with Crippen molar-refractivity contribution in [2.75, 3.05) is 6.54 Å². The Morgan fingerprint density at radius 1 is 1.24 bits per heavy atom. The number of rotatable bonds is 3. The third-order valence-corrected chi connectivity index (χ3v) is 4.18. The number of hydrogen-bond acceptors (Lipinski definition) is 4. The third kappa shape index (κ3) is 2.83. The number of hydrogen-bond donors (Lipinski definition) is 1. The maximum atomic E-state index is 13.1. The van der Waals surface area contributed by atoms with Crippen LogP contribution in [0.25, 0.3) is 0 Å². The van der Waals surface area contributed by atoms with Gasteiger partial charge in [-0.25, -0.2) is 4.39 Å². The standard InChI is InChI=1S/C16H20FN3O/c1-16(2,11-6-8-12(17)9-7-11)15-19-14(21-20-15)13-5-3-4-10-18-13/h6-9,13,18H,3-5,10H2,1-2H3. The summed E-state index contributed by atoms with van der Waals surface area (Å²) in [4.78, 5) is 4.57. The first kappa shape index (κ1) is 14.2. The predicted octanol–water partition coefficient (Wildman–Crippen LogP) is 3.35. The summed E-state index contributed by atoms with van der Waals surface area (Å²) in [7, 11) is 0. The highest BCUT2D eigenvalue weighted by molar-refractivity contribution is 5.30. The van der Waals surface area contributed by atoms with Crippen LogP contribution < -0.4 is 5.32 Å². The summed E-state index contributed by atoms with van der Waals surface area (Å²) in [6.45, 7) is 5.02. The molecule has 0 bridgehead atoms. The molecule has 1 aromatic carbocycles. The highest BCUT2D eigenvalue weighted by Gasteiger charge is 2.30. The second-order valence-electron chi connectivity index (χ2n) is 6.09. The van der Waals surface area contributed by atoms with Gasteiger partial charge in [-0.3, -0.25) is 0 Å². The van der Waals surface area contributed by atoms with E-state index in [9.17, 15) is 4.39 Å². The summed E-state index contributed by atoms with van der Waals surface area (Å²) in [5, 5.41) is 7.54. The Morgan fingerprint density at radius 3 is 2.67 bits per heavy atom. The van der Waals surface area contributed by atoms with Crippen molar-refractivity contribution >= 4 is 0 Å². The number of halogens is 1. The molecule has 1 unspecified atom stereocenters. The minimum absolute atomic E-state index is 0.156. The molecule has 1 fully saturated rings. The van der Waals surface area contributed by atoms with Gasteiger partial charge in [0, 0.05) is 0 Å². The molecule has 0 spiro atoms. The third-order valence-electron chi connectivity index (χ3n) is 4.18. The summed E-state index contributed by atoms with van der Waals surface area (Å²) in [6.07, 6.45) is 3.40. The zero-order chi connectivity index (χ0) is 14.9. The van der Waals surface area contributed by atoms with Crippen LogP contribution in [0.15, 0.2) is 28.8 Å². The van der Waals surface area contributed by atoms with E-state index in [0.717, 1.165) is 18.5 Å². The van der Waals surface area contributed by atoms with Crippen LogP contribution in [-0.4, -0.2) is 16.7 Å². The lowest BCUT2D eigenvalue weighted by Gasteiger charge is -2.21. The minimum Gasteiger partial charge on any atom is -0.338 e. The maximum Gasteiger partial charge on any atom is 0.243 e. The SMILES string of the molecule is CC(C)(c1ccc(F)cc1)c1noc(C2CCCCN2)n1. The van der Waals surface area contributed by atoms with Gasteiger partial charge in [0.15, 0.2) is 5.82 Å².